The molecule has 0 saturated heterocycles. The summed E-state index contributed by atoms with van der Waals surface area (Å²) >= 11 is 0. The quantitative estimate of drug-likeness (QED) is 0.869. The lowest BCUT2D eigenvalue weighted by atomic mass is 10.1. The summed E-state index contributed by atoms with van der Waals surface area (Å²) in [5.41, 5.74) is 3.92. The molecule has 1 aromatic heterocycles. The molecule has 1 aromatic carbocycles. The number of hydrogen-bond donors (Lipinski definition) is 1. The van der Waals surface area contributed by atoms with Gasteiger partial charge in [0.25, 0.3) is 0 Å². The summed E-state index contributed by atoms with van der Waals surface area (Å²) < 4.78 is 1.93. The van der Waals surface area contributed by atoms with Crippen LogP contribution in [0.1, 0.15) is 22.5 Å². The Morgan fingerprint density at radius 3 is 2.41 bits per heavy atom. The maximum absolute atomic E-state index is 4.03. The number of nitrogens with one attached hydrogen (secondary N) is 1. The van der Waals surface area contributed by atoms with E-state index < -0.39 is 0 Å². The van der Waals surface area contributed by atoms with E-state index >= 15 is 0 Å². The minimum atomic E-state index is 0.740. The molecule has 1 heterocycles. The van der Waals surface area contributed by atoms with Gasteiger partial charge in [-0.3, -0.25) is 0 Å². The van der Waals surface area contributed by atoms with Gasteiger partial charge in [0.05, 0.1) is 6.54 Å². The zero-order valence-corrected chi connectivity index (χ0v) is 10.6. The Bertz CT molecular complexity index is 482. The molecule has 0 bridgehead atoms. The molecule has 0 unspecified atom stereocenters. The fourth-order valence-corrected chi connectivity index (χ4v) is 1.96. The van der Waals surface area contributed by atoms with Crippen molar-refractivity contribution in [3.05, 3.63) is 47.0 Å². The molecule has 17 heavy (non-hydrogen) atoms. The molecule has 0 radical (unpaired) electrons. The van der Waals surface area contributed by atoms with E-state index in [-0.39, 0.29) is 0 Å². The fourth-order valence-electron chi connectivity index (χ4n) is 1.96. The molecule has 0 atom stereocenters. The van der Waals surface area contributed by atoms with Crippen LogP contribution in [0.3, 0.4) is 0 Å². The van der Waals surface area contributed by atoms with Crippen molar-refractivity contribution < 1.29 is 0 Å². The van der Waals surface area contributed by atoms with E-state index in [1.54, 1.807) is 6.33 Å². The first kappa shape index (κ1) is 11.8. The molecule has 90 valence electrons. The smallest absolute Gasteiger partial charge is 0.146 e. The summed E-state index contributed by atoms with van der Waals surface area (Å²) in [6, 6.07) is 6.60. The van der Waals surface area contributed by atoms with Crippen molar-refractivity contribution >= 4 is 0 Å². The minimum Gasteiger partial charge on any atom is -0.320 e. The number of benzene rings is 1. The summed E-state index contributed by atoms with van der Waals surface area (Å²) in [6.45, 7) is 5.84. The van der Waals surface area contributed by atoms with Gasteiger partial charge in [-0.05, 0) is 19.4 Å². The highest BCUT2D eigenvalue weighted by Crippen LogP contribution is 2.08. The summed E-state index contributed by atoms with van der Waals surface area (Å²) in [5.74, 6) is 0.953. The van der Waals surface area contributed by atoms with Gasteiger partial charge < -0.3 is 9.88 Å². The third-order valence-corrected chi connectivity index (χ3v) is 2.70. The lowest BCUT2D eigenvalue weighted by molar-refractivity contribution is 0.637. The van der Waals surface area contributed by atoms with Crippen LogP contribution in [-0.4, -0.2) is 14.8 Å². The zero-order valence-electron chi connectivity index (χ0n) is 10.6. The summed E-state index contributed by atoms with van der Waals surface area (Å²) in [7, 11) is 1.95. The summed E-state index contributed by atoms with van der Waals surface area (Å²) in [5, 5.41) is 11.3. The fraction of sp³-hybridized carbons (Fsp3) is 0.385. The Kier molecular flexibility index (Phi) is 3.54. The van der Waals surface area contributed by atoms with Gasteiger partial charge in [0.2, 0.25) is 0 Å². The van der Waals surface area contributed by atoms with Gasteiger partial charge in [-0.2, -0.15) is 0 Å². The van der Waals surface area contributed by atoms with Gasteiger partial charge in [0.15, 0.2) is 0 Å². The number of nitrogens with zero attached hydrogens (tertiary/aromatic N) is 3. The molecule has 0 aliphatic heterocycles. The Balaban J connectivity index is 1.92. The van der Waals surface area contributed by atoms with Gasteiger partial charge in [0, 0.05) is 13.6 Å². The summed E-state index contributed by atoms with van der Waals surface area (Å²) in [6.07, 6.45) is 1.72. The van der Waals surface area contributed by atoms with E-state index in [0.717, 1.165) is 18.9 Å². The van der Waals surface area contributed by atoms with Crippen molar-refractivity contribution in [1.29, 1.82) is 0 Å². The molecule has 4 nitrogen and oxygen atoms in total. The first-order valence-corrected chi connectivity index (χ1v) is 5.76. The number of aromatic nitrogens is 3. The van der Waals surface area contributed by atoms with Crippen LogP contribution in [-0.2, 0) is 20.1 Å². The summed E-state index contributed by atoms with van der Waals surface area (Å²) in [4.78, 5) is 0. The maximum atomic E-state index is 4.03. The highest BCUT2D eigenvalue weighted by Gasteiger charge is 2.00. The molecule has 4 heteroatoms. The molecular weight excluding hydrogens is 212 g/mol. The van der Waals surface area contributed by atoms with Crippen LogP contribution in [0.25, 0.3) is 0 Å². The molecule has 0 saturated carbocycles. The van der Waals surface area contributed by atoms with E-state index in [1.165, 1.54) is 16.7 Å². The molecule has 0 amide bonds. The second-order valence-corrected chi connectivity index (χ2v) is 4.46. The zero-order chi connectivity index (χ0) is 12.3. The monoisotopic (exact) mass is 230 g/mol. The van der Waals surface area contributed by atoms with Gasteiger partial charge in [-0.1, -0.05) is 29.3 Å². The molecule has 0 fully saturated rings. The van der Waals surface area contributed by atoms with Crippen molar-refractivity contribution in [2.75, 3.05) is 0 Å². The average molecular weight is 230 g/mol. The van der Waals surface area contributed by atoms with Gasteiger partial charge in [-0.15, -0.1) is 10.2 Å². The first-order chi connectivity index (χ1) is 8.15. The molecule has 0 aliphatic carbocycles. The predicted molar refractivity (Wildman–Crippen MR) is 67.5 cm³/mol. The number of rotatable bonds is 4. The third kappa shape index (κ3) is 3.14. The van der Waals surface area contributed by atoms with Crippen LogP contribution in [0.15, 0.2) is 24.5 Å². The Hall–Kier alpha value is -1.68. The number of hydrogen-bond acceptors (Lipinski definition) is 3. The van der Waals surface area contributed by atoms with E-state index in [0.29, 0.717) is 0 Å². The largest absolute Gasteiger partial charge is 0.320 e. The highest BCUT2D eigenvalue weighted by atomic mass is 15.3. The van der Waals surface area contributed by atoms with E-state index in [9.17, 15) is 0 Å². The van der Waals surface area contributed by atoms with Crippen LogP contribution in [0, 0.1) is 13.8 Å². The van der Waals surface area contributed by atoms with Crippen LogP contribution < -0.4 is 5.32 Å². The molecule has 2 rings (SSSR count). The van der Waals surface area contributed by atoms with Crippen molar-refractivity contribution in [2.45, 2.75) is 26.9 Å². The van der Waals surface area contributed by atoms with Gasteiger partial charge >= 0.3 is 0 Å². The normalized spacial score (nSPS) is 10.8. The first-order valence-electron chi connectivity index (χ1n) is 5.76. The lowest BCUT2D eigenvalue weighted by Crippen LogP contribution is -2.15. The second-order valence-electron chi connectivity index (χ2n) is 4.46. The van der Waals surface area contributed by atoms with Crippen molar-refractivity contribution in [3.8, 4) is 0 Å². The highest BCUT2D eigenvalue weighted by molar-refractivity contribution is 5.28. The van der Waals surface area contributed by atoms with Crippen LogP contribution in [0.4, 0.5) is 0 Å². The second kappa shape index (κ2) is 5.10. The minimum absolute atomic E-state index is 0.740. The Labute approximate surface area is 102 Å². The molecule has 0 spiro atoms. The van der Waals surface area contributed by atoms with E-state index in [4.69, 9.17) is 0 Å². The van der Waals surface area contributed by atoms with E-state index in [1.807, 2.05) is 11.6 Å². The van der Waals surface area contributed by atoms with Crippen molar-refractivity contribution in [2.24, 2.45) is 7.05 Å². The van der Waals surface area contributed by atoms with Gasteiger partial charge in [-0.25, -0.2) is 0 Å². The van der Waals surface area contributed by atoms with Crippen molar-refractivity contribution in [1.82, 2.24) is 20.1 Å². The molecule has 2 aromatic rings. The Morgan fingerprint density at radius 1 is 1.12 bits per heavy atom. The number of aryl methyl sites for hydroxylation is 3. The van der Waals surface area contributed by atoms with Crippen LogP contribution in [0.5, 0.6) is 0 Å². The predicted octanol–water partition coefficient (Wildman–Crippen LogP) is 1.72. The van der Waals surface area contributed by atoms with Crippen LogP contribution >= 0.6 is 0 Å². The van der Waals surface area contributed by atoms with Crippen molar-refractivity contribution in [3.63, 3.8) is 0 Å². The van der Waals surface area contributed by atoms with Gasteiger partial charge in [0.1, 0.15) is 12.2 Å². The molecular formula is C13H18N4. The third-order valence-electron chi connectivity index (χ3n) is 2.70. The van der Waals surface area contributed by atoms with Crippen LogP contribution in [0.2, 0.25) is 0 Å². The van der Waals surface area contributed by atoms with E-state index in [2.05, 4.69) is 47.6 Å². The standard InChI is InChI=1S/C13H18N4/c1-10-4-11(2)6-12(5-10)7-14-8-13-16-15-9-17(13)3/h4-6,9,14H,7-8H2,1-3H3. The SMILES string of the molecule is Cc1cc(C)cc(CNCc2nncn2C)c1. The average Bonchev–Trinajstić information content (AvgIpc) is 2.63. The topological polar surface area (TPSA) is 42.7 Å². The molecule has 1 N–H and O–H groups in total. The molecule has 0 aliphatic rings. The maximum Gasteiger partial charge on any atom is 0.146 e. The Morgan fingerprint density at radius 2 is 1.82 bits per heavy atom. The lowest BCUT2D eigenvalue weighted by Gasteiger charge is -2.06.